The molecule has 4 fully saturated rings. The highest BCUT2D eigenvalue weighted by molar-refractivity contribution is 5.81. The van der Waals surface area contributed by atoms with Crippen LogP contribution in [0, 0.1) is 11.8 Å². The molecule has 0 spiro atoms. The molecular formula is C15H22O4. The van der Waals surface area contributed by atoms with Crippen molar-refractivity contribution in [2.75, 3.05) is 0 Å². The van der Waals surface area contributed by atoms with E-state index in [0.717, 1.165) is 31.6 Å². The summed E-state index contributed by atoms with van der Waals surface area (Å²) in [6, 6.07) is 0. The summed E-state index contributed by atoms with van der Waals surface area (Å²) in [6.45, 7) is 2.23. The molecule has 1 N–H and O–H groups in total. The van der Waals surface area contributed by atoms with Crippen LogP contribution in [0.1, 0.15) is 51.9 Å². The second-order valence-electron chi connectivity index (χ2n) is 7.25. The molecule has 4 aliphatic rings. The highest BCUT2D eigenvalue weighted by Gasteiger charge is 2.65. The smallest absolute Gasteiger partial charge is 0.338 e. The minimum atomic E-state index is -0.805. The molecule has 0 aromatic heterocycles. The van der Waals surface area contributed by atoms with Gasteiger partial charge in [-0.3, -0.25) is 0 Å². The van der Waals surface area contributed by atoms with Crippen molar-refractivity contribution in [1.82, 2.24) is 0 Å². The minimum absolute atomic E-state index is 0.00118. The number of fused-ring (bicyclic) bond motifs is 2. The summed E-state index contributed by atoms with van der Waals surface area (Å²) >= 11 is 0. The van der Waals surface area contributed by atoms with Crippen molar-refractivity contribution < 1.29 is 19.4 Å². The average Bonchev–Trinajstić information content (AvgIpc) is 3.21. The van der Waals surface area contributed by atoms with Crippen LogP contribution in [0.25, 0.3) is 0 Å². The van der Waals surface area contributed by atoms with Gasteiger partial charge in [0.2, 0.25) is 0 Å². The van der Waals surface area contributed by atoms with E-state index in [1.165, 1.54) is 19.3 Å². The van der Waals surface area contributed by atoms with Crippen LogP contribution in [0.4, 0.5) is 0 Å². The van der Waals surface area contributed by atoms with Crippen LogP contribution in [-0.2, 0) is 14.3 Å². The third kappa shape index (κ3) is 1.83. The molecule has 0 aromatic carbocycles. The molecule has 2 saturated heterocycles. The Morgan fingerprint density at radius 3 is 2.47 bits per heavy atom. The van der Waals surface area contributed by atoms with E-state index in [9.17, 15) is 9.90 Å². The van der Waals surface area contributed by atoms with E-state index >= 15 is 0 Å². The van der Waals surface area contributed by atoms with Gasteiger partial charge in [-0.05, 0) is 63.7 Å². The summed E-state index contributed by atoms with van der Waals surface area (Å²) in [5, 5.41) is 9.31. The topological polar surface area (TPSA) is 62.4 Å². The number of carbonyl (C=O) groups is 1. The Morgan fingerprint density at radius 2 is 1.79 bits per heavy atom. The van der Waals surface area contributed by atoms with Gasteiger partial charge < -0.3 is 14.6 Å². The van der Waals surface area contributed by atoms with Gasteiger partial charge in [-0.15, -0.1) is 0 Å². The van der Waals surface area contributed by atoms with Gasteiger partial charge in [-0.1, -0.05) is 0 Å². The second-order valence-corrected chi connectivity index (χ2v) is 7.25. The molecule has 6 unspecified atom stereocenters. The standard InChI is InChI=1S/C15H22O4/c1-14-7-9(2-4-11(14)18-14)6-10-3-5-12-15(8-10,19-12)13(16)17/h9-12H,2-8H2,1H3,(H,16,17). The second kappa shape index (κ2) is 3.73. The number of aliphatic carboxylic acids is 1. The number of rotatable bonds is 3. The van der Waals surface area contributed by atoms with Crippen LogP contribution in [0.2, 0.25) is 0 Å². The van der Waals surface area contributed by atoms with E-state index in [4.69, 9.17) is 9.47 Å². The van der Waals surface area contributed by atoms with Crippen LogP contribution in [0.3, 0.4) is 0 Å². The Hall–Kier alpha value is -0.610. The summed E-state index contributed by atoms with van der Waals surface area (Å²) in [7, 11) is 0. The van der Waals surface area contributed by atoms with Crippen molar-refractivity contribution in [3.8, 4) is 0 Å². The fourth-order valence-corrected chi connectivity index (χ4v) is 4.66. The SMILES string of the molecule is CC12CC(CC3CCC4OC4(C(=O)O)C3)CCC1O2. The third-order valence-corrected chi connectivity index (χ3v) is 5.84. The molecule has 0 radical (unpaired) electrons. The third-order valence-electron chi connectivity index (χ3n) is 5.84. The molecule has 0 amide bonds. The van der Waals surface area contributed by atoms with E-state index < -0.39 is 11.6 Å². The first-order chi connectivity index (χ1) is 9.02. The molecule has 4 heteroatoms. The summed E-state index contributed by atoms with van der Waals surface area (Å²) in [6.07, 6.45) is 8.08. The Bertz CT molecular complexity index is 422. The van der Waals surface area contributed by atoms with Gasteiger partial charge in [0.05, 0.1) is 17.8 Å². The largest absolute Gasteiger partial charge is 0.479 e. The zero-order valence-electron chi connectivity index (χ0n) is 11.4. The first-order valence-corrected chi connectivity index (χ1v) is 7.61. The Labute approximate surface area is 113 Å². The van der Waals surface area contributed by atoms with Crippen molar-refractivity contribution in [3.05, 3.63) is 0 Å². The lowest BCUT2D eigenvalue weighted by Gasteiger charge is -2.30. The van der Waals surface area contributed by atoms with Crippen LogP contribution < -0.4 is 0 Å². The maximum atomic E-state index is 11.3. The molecule has 106 valence electrons. The van der Waals surface area contributed by atoms with Gasteiger partial charge in [0.15, 0.2) is 5.60 Å². The predicted molar refractivity (Wildman–Crippen MR) is 67.8 cm³/mol. The molecule has 0 aromatic rings. The van der Waals surface area contributed by atoms with Crippen LogP contribution in [-0.4, -0.2) is 34.5 Å². The quantitative estimate of drug-likeness (QED) is 0.796. The van der Waals surface area contributed by atoms with Gasteiger partial charge in [-0.2, -0.15) is 0 Å². The lowest BCUT2D eigenvalue weighted by atomic mass is 9.72. The summed E-state index contributed by atoms with van der Waals surface area (Å²) in [5.41, 5.74) is -0.652. The highest BCUT2D eigenvalue weighted by atomic mass is 16.6. The Kier molecular flexibility index (Phi) is 2.39. The number of carboxylic acid groups (broad SMARTS) is 1. The van der Waals surface area contributed by atoms with E-state index in [-0.39, 0.29) is 11.7 Å². The Balaban J connectivity index is 1.37. The number of carboxylic acids is 1. The molecule has 2 heterocycles. The highest BCUT2D eigenvalue weighted by Crippen LogP contribution is 2.54. The molecule has 19 heavy (non-hydrogen) atoms. The first kappa shape index (κ1) is 12.2. The fourth-order valence-electron chi connectivity index (χ4n) is 4.66. The lowest BCUT2D eigenvalue weighted by Crippen LogP contribution is -2.34. The van der Waals surface area contributed by atoms with Gasteiger partial charge in [-0.25, -0.2) is 4.79 Å². The number of epoxide rings is 2. The van der Waals surface area contributed by atoms with E-state index in [1.807, 2.05) is 0 Å². The van der Waals surface area contributed by atoms with Crippen LogP contribution in [0.15, 0.2) is 0 Å². The van der Waals surface area contributed by atoms with Gasteiger partial charge >= 0.3 is 5.97 Å². The Morgan fingerprint density at radius 1 is 1.11 bits per heavy atom. The molecule has 0 bridgehead atoms. The van der Waals surface area contributed by atoms with E-state index in [2.05, 4.69) is 6.92 Å². The van der Waals surface area contributed by atoms with Crippen molar-refractivity contribution in [2.45, 2.75) is 75.3 Å². The molecule has 2 aliphatic carbocycles. The normalized spacial score (nSPS) is 55.0. The van der Waals surface area contributed by atoms with Gasteiger partial charge in [0.1, 0.15) is 0 Å². The molecule has 4 rings (SSSR count). The zero-order chi connectivity index (χ0) is 13.3. The lowest BCUT2D eigenvalue weighted by molar-refractivity contribution is -0.144. The van der Waals surface area contributed by atoms with Crippen molar-refractivity contribution in [2.24, 2.45) is 11.8 Å². The maximum absolute atomic E-state index is 11.3. The summed E-state index contributed by atoms with van der Waals surface area (Å²) in [4.78, 5) is 11.3. The predicted octanol–water partition coefficient (Wildman–Crippen LogP) is 2.36. The van der Waals surface area contributed by atoms with Gasteiger partial charge in [0.25, 0.3) is 0 Å². The van der Waals surface area contributed by atoms with Gasteiger partial charge in [0, 0.05) is 0 Å². The first-order valence-electron chi connectivity index (χ1n) is 7.61. The van der Waals surface area contributed by atoms with Crippen LogP contribution >= 0.6 is 0 Å². The monoisotopic (exact) mass is 266 g/mol. The van der Waals surface area contributed by atoms with E-state index in [0.29, 0.717) is 12.0 Å². The van der Waals surface area contributed by atoms with Crippen LogP contribution in [0.5, 0.6) is 0 Å². The molecule has 2 saturated carbocycles. The summed E-state index contributed by atoms with van der Waals surface area (Å²) < 4.78 is 11.2. The van der Waals surface area contributed by atoms with Crippen molar-refractivity contribution in [3.63, 3.8) is 0 Å². The molecule has 2 aliphatic heterocycles. The number of hydrogen-bond acceptors (Lipinski definition) is 3. The molecule has 6 atom stereocenters. The number of ether oxygens (including phenoxy) is 2. The number of hydrogen-bond donors (Lipinski definition) is 1. The molecule has 4 nitrogen and oxygen atoms in total. The van der Waals surface area contributed by atoms with Crippen molar-refractivity contribution >= 4 is 5.97 Å². The average molecular weight is 266 g/mol. The zero-order valence-corrected chi connectivity index (χ0v) is 11.4. The fraction of sp³-hybridized carbons (Fsp3) is 0.933. The maximum Gasteiger partial charge on any atom is 0.338 e. The van der Waals surface area contributed by atoms with E-state index in [1.54, 1.807) is 0 Å². The summed E-state index contributed by atoms with van der Waals surface area (Å²) in [5.74, 6) is 0.497. The molecular weight excluding hydrogens is 244 g/mol. The minimum Gasteiger partial charge on any atom is -0.479 e. The van der Waals surface area contributed by atoms with Crippen molar-refractivity contribution in [1.29, 1.82) is 0 Å².